The lowest BCUT2D eigenvalue weighted by molar-refractivity contribution is 0.0979. The number of para-hydroxylation sites is 1. The number of carbonyl (C=O) groups is 2. The van der Waals surface area contributed by atoms with Crippen LogP contribution < -0.4 is 0 Å². The zero-order chi connectivity index (χ0) is 19.0. The Kier molecular flexibility index (Phi) is 2.90. The molecule has 28 heavy (non-hydrogen) atoms. The molecule has 0 saturated carbocycles. The van der Waals surface area contributed by atoms with E-state index >= 15 is 0 Å². The molecule has 0 bridgehead atoms. The number of hydrogen-bond donors (Lipinski definition) is 0. The van der Waals surface area contributed by atoms with Crippen LogP contribution >= 0.6 is 11.6 Å². The first-order valence-electron chi connectivity index (χ1n) is 8.63. The number of benzene rings is 3. The van der Waals surface area contributed by atoms with Gasteiger partial charge in [-0.1, -0.05) is 54.1 Å². The van der Waals surface area contributed by atoms with Crippen molar-refractivity contribution in [3.05, 3.63) is 81.9 Å². The van der Waals surface area contributed by atoms with Crippen LogP contribution in [0.25, 0.3) is 33.6 Å². The summed E-state index contributed by atoms with van der Waals surface area (Å²) < 4.78 is 6.01. The summed E-state index contributed by atoms with van der Waals surface area (Å²) in [5, 5.41) is 1.09. The van der Waals surface area contributed by atoms with Gasteiger partial charge in [-0.05, 0) is 12.1 Å². The summed E-state index contributed by atoms with van der Waals surface area (Å²) >= 11 is 6.45. The maximum atomic E-state index is 13.2. The summed E-state index contributed by atoms with van der Waals surface area (Å²) in [6.45, 7) is 0. The fourth-order valence-electron chi connectivity index (χ4n) is 3.82. The predicted molar refractivity (Wildman–Crippen MR) is 104 cm³/mol. The zero-order valence-electron chi connectivity index (χ0n) is 14.2. The summed E-state index contributed by atoms with van der Waals surface area (Å²) in [7, 11) is 0. The lowest BCUT2D eigenvalue weighted by Gasteiger charge is -2.19. The van der Waals surface area contributed by atoms with E-state index < -0.39 is 0 Å². The van der Waals surface area contributed by atoms with E-state index in [-0.39, 0.29) is 33.3 Å². The van der Waals surface area contributed by atoms with E-state index in [1.807, 2.05) is 24.3 Å². The molecule has 0 radical (unpaired) electrons. The quantitative estimate of drug-likeness (QED) is 0.372. The number of halogens is 1. The Bertz CT molecular complexity index is 1470. The number of carbonyl (C=O) groups excluding carboxylic acids is 2. The van der Waals surface area contributed by atoms with E-state index in [9.17, 15) is 9.59 Å². The molecule has 132 valence electrons. The fourth-order valence-corrected chi connectivity index (χ4v) is 4.06. The lowest BCUT2D eigenvalue weighted by Crippen LogP contribution is -2.21. The topological polar surface area (TPSA) is 73.1 Å². The van der Waals surface area contributed by atoms with Gasteiger partial charge in [0.2, 0.25) is 5.89 Å². The molecular formula is C22H9ClN2O3. The van der Waals surface area contributed by atoms with Crippen LogP contribution in [0.4, 0.5) is 0 Å². The Hall–Kier alpha value is -3.57. The van der Waals surface area contributed by atoms with Gasteiger partial charge < -0.3 is 4.42 Å². The van der Waals surface area contributed by atoms with Crippen molar-refractivity contribution in [2.75, 3.05) is 0 Å². The van der Waals surface area contributed by atoms with Gasteiger partial charge in [0.1, 0.15) is 11.2 Å². The minimum absolute atomic E-state index is 0.185. The molecular weight excluding hydrogens is 376 g/mol. The highest BCUT2D eigenvalue weighted by atomic mass is 35.5. The maximum Gasteiger partial charge on any atom is 0.246 e. The second-order valence-corrected chi connectivity index (χ2v) is 7.07. The van der Waals surface area contributed by atoms with Crippen molar-refractivity contribution in [1.82, 2.24) is 9.97 Å². The molecule has 0 amide bonds. The van der Waals surface area contributed by atoms with E-state index in [1.165, 1.54) is 6.07 Å². The van der Waals surface area contributed by atoms with Gasteiger partial charge in [-0.15, -0.1) is 0 Å². The van der Waals surface area contributed by atoms with Gasteiger partial charge in [-0.2, -0.15) is 0 Å². The first-order valence-corrected chi connectivity index (χ1v) is 9.01. The molecule has 1 aliphatic carbocycles. The van der Waals surface area contributed by atoms with Crippen LogP contribution in [0.3, 0.4) is 0 Å². The van der Waals surface area contributed by atoms with Gasteiger partial charge in [-0.25, -0.2) is 9.97 Å². The number of hydrogen-bond acceptors (Lipinski definition) is 5. The van der Waals surface area contributed by atoms with Gasteiger partial charge in [-0.3, -0.25) is 9.59 Å². The molecule has 6 rings (SSSR count). The average Bonchev–Trinajstić information content (AvgIpc) is 3.08. The number of aromatic nitrogens is 2. The maximum absolute atomic E-state index is 13.2. The van der Waals surface area contributed by atoms with Crippen molar-refractivity contribution < 1.29 is 14.0 Å². The number of ketones is 2. The molecule has 2 heterocycles. The highest BCUT2D eigenvalue weighted by Gasteiger charge is 2.34. The Morgan fingerprint density at radius 1 is 0.821 bits per heavy atom. The molecule has 0 saturated heterocycles. The van der Waals surface area contributed by atoms with E-state index in [4.69, 9.17) is 16.0 Å². The molecule has 6 heteroatoms. The Balaban J connectivity index is 1.77. The van der Waals surface area contributed by atoms with Crippen molar-refractivity contribution in [2.24, 2.45) is 0 Å². The van der Waals surface area contributed by atoms with Crippen LogP contribution in [0.2, 0.25) is 5.02 Å². The number of fused-ring (bicyclic) bond motifs is 7. The van der Waals surface area contributed by atoms with E-state index in [0.29, 0.717) is 28.2 Å². The largest absolute Gasteiger partial charge is 0.434 e. The third-order valence-electron chi connectivity index (χ3n) is 5.10. The lowest BCUT2D eigenvalue weighted by atomic mass is 9.83. The van der Waals surface area contributed by atoms with Crippen LogP contribution in [-0.2, 0) is 0 Å². The predicted octanol–water partition coefficient (Wildman–Crippen LogP) is 4.91. The normalized spacial score (nSPS) is 13.3. The van der Waals surface area contributed by atoms with Crippen LogP contribution in [0.5, 0.6) is 0 Å². The molecule has 0 spiro atoms. The monoisotopic (exact) mass is 384 g/mol. The fraction of sp³-hybridized carbons (Fsp3) is 0. The van der Waals surface area contributed by atoms with Crippen LogP contribution in [0.15, 0.2) is 59.0 Å². The van der Waals surface area contributed by atoms with Gasteiger partial charge in [0, 0.05) is 22.1 Å². The van der Waals surface area contributed by atoms with Crippen molar-refractivity contribution in [1.29, 1.82) is 0 Å². The van der Waals surface area contributed by atoms with E-state index in [2.05, 4.69) is 9.97 Å². The van der Waals surface area contributed by atoms with Gasteiger partial charge in [0.15, 0.2) is 17.1 Å². The highest BCUT2D eigenvalue weighted by molar-refractivity contribution is 6.39. The molecule has 0 atom stereocenters. The van der Waals surface area contributed by atoms with Crippen LogP contribution in [0, 0.1) is 0 Å². The molecule has 3 aliphatic rings. The molecule has 0 fully saturated rings. The standard InChI is InChI=1S/C22H9ClN2O3/c23-14-9-13-16(20(27)11-6-2-1-5-10(11)19(13)26)21-18(14)25-17-12-7-3-4-8-15(12)24-22(17)28-21/h1-9H. The van der Waals surface area contributed by atoms with Crippen LogP contribution in [-0.4, -0.2) is 21.5 Å². The summed E-state index contributed by atoms with van der Waals surface area (Å²) in [5.41, 5.74) is 2.95. The average molecular weight is 385 g/mol. The SMILES string of the molecule is O=C1c2ccccc2C(=O)c2c1cc(Cl)c1nc3c4ccccc4nc-3oc21. The molecule has 0 aromatic heterocycles. The summed E-state index contributed by atoms with van der Waals surface area (Å²) in [6.07, 6.45) is 0. The summed E-state index contributed by atoms with van der Waals surface area (Å²) in [5.74, 6) is -0.241. The number of nitrogens with zero attached hydrogens (tertiary/aromatic N) is 2. The Labute approximate surface area is 162 Å². The number of rotatable bonds is 0. The Morgan fingerprint density at radius 2 is 1.54 bits per heavy atom. The third kappa shape index (κ3) is 1.86. The first kappa shape index (κ1) is 15.5. The van der Waals surface area contributed by atoms with Crippen LogP contribution in [0.1, 0.15) is 31.8 Å². The molecule has 3 aromatic carbocycles. The van der Waals surface area contributed by atoms with Gasteiger partial charge in [0.05, 0.1) is 16.1 Å². The van der Waals surface area contributed by atoms with E-state index in [1.54, 1.807) is 24.3 Å². The summed E-state index contributed by atoms with van der Waals surface area (Å²) in [4.78, 5) is 35.2. The van der Waals surface area contributed by atoms with Crippen molar-refractivity contribution in [3.63, 3.8) is 0 Å². The smallest absolute Gasteiger partial charge is 0.246 e. The molecule has 0 unspecified atom stereocenters. The minimum Gasteiger partial charge on any atom is -0.434 e. The molecule has 3 aromatic rings. The zero-order valence-corrected chi connectivity index (χ0v) is 14.9. The second kappa shape index (κ2) is 5.24. The van der Waals surface area contributed by atoms with E-state index in [0.717, 1.165) is 10.9 Å². The minimum atomic E-state index is -0.284. The third-order valence-corrected chi connectivity index (χ3v) is 5.39. The van der Waals surface area contributed by atoms with Crippen molar-refractivity contribution in [3.8, 4) is 11.6 Å². The van der Waals surface area contributed by atoms with Crippen molar-refractivity contribution >= 4 is 45.2 Å². The van der Waals surface area contributed by atoms with Gasteiger partial charge in [0.25, 0.3) is 0 Å². The highest BCUT2D eigenvalue weighted by Crippen LogP contribution is 2.39. The summed E-state index contributed by atoms with van der Waals surface area (Å²) in [6, 6.07) is 15.8. The van der Waals surface area contributed by atoms with Crippen molar-refractivity contribution in [2.45, 2.75) is 0 Å². The first-order chi connectivity index (χ1) is 13.6. The molecule has 0 N–H and O–H groups in total. The second-order valence-electron chi connectivity index (χ2n) is 6.66. The molecule has 2 aliphatic heterocycles. The Morgan fingerprint density at radius 3 is 2.36 bits per heavy atom. The van der Waals surface area contributed by atoms with Gasteiger partial charge >= 0.3 is 0 Å². The molecule has 5 nitrogen and oxygen atoms in total.